The van der Waals surface area contributed by atoms with E-state index in [-0.39, 0.29) is 16.8 Å². The molecule has 76 valence electrons. The van der Waals surface area contributed by atoms with Crippen molar-refractivity contribution in [1.29, 1.82) is 0 Å². The molecule has 0 radical (unpaired) electrons. The van der Waals surface area contributed by atoms with Gasteiger partial charge < -0.3 is 10.1 Å². The standard InChI is InChI=1S/C5H6BrN5O3/c6-3-1-10(2-4(12)8-7)9-5(3)11(13)14/h1H,2,7H2,(H,8,12). The molecule has 0 bridgehead atoms. The summed E-state index contributed by atoms with van der Waals surface area (Å²) in [7, 11) is 0. The number of hydrogen-bond donors (Lipinski definition) is 2. The monoisotopic (exact) mass is 263 g/mol. The first-order chi connectivity index (χ1) is 6.54. The minimum absolute atomic E-state index is 0.164. The molecule has 0 spiro atoms. The number of nitrogens with two attached hydrogens (primary N) is 1. The topological polar surface area (TPSA) is 116 Å². The minimum Gasteiger partial charge on any atom is -0.358 e. The Balaban J connectivity index is 2.86. The molecule has 0 saturated carbocycles. The van der Waals surface area contributed by atoms with Gasteiger partial charge in [-0.2, -0.15) is 4.68 Å². The zero-order chi connectivity index (χ0) is 10.7. The number of rotatable bonds is 3. The Morgan fingerprint density at radius 1 is 1.86 bits per heavy atom. The van der Waals surface area contributed by atoms with E-state index in [0.29, 0.717) is 0 Å². The maximum absolute atomic E-state index is 10.8. The number of aromatic nitrogens is 2. The van der Waals surface area contributed by atoms with Crippen molar-refractivity contribution in [2.75, 3.05) is 0 Å². The van der Waals surface area contributed by atoms with Crippen LogP contribution in [0.1, 0.15) is 0 Å². The molecule has 0 aliphatic heterocycles. The van der Waals surface area contributed by atoms with E-state index < -0.39 is 10.8 Å². The third-order valence-electron chi connectivity index (χ3n) is 1.34. The molecule has 0 atom stereocenters. The lowest BCUT2D eigenvalue weighted by Gasteiger charge is -1.94. The van der Waals surface area contributed by atoms with Crippen LogP contribution in [0, 0.1) is 10.1 Å². The van der Waals surface area contributed by atoms with Crippen molar-refractivity contribution in [3.63, 3.8) is 0 Å². The molecular formula is C5H6BrN5O3. The molecule has 0 saturated heterocycles. The quantitative estimate of drug-likeness (QED) is 0.331. The van der Waals surface area contributed by atoms with E-state index in [9.17, 15) is 14.9 Å². The SMILES string of the molecule is NNC(=O)Cn1cc(Br)c([N+](=O)[O-])n1. The second-order valence-corrected chi connectivity index (χ2v) is 3.18. The van der Waals surface area contributed by atoms with Crippen molar-refractivity contribution in [3.05, 3.63) is 20.8 Å². The smallest absolute Gasteiger partial charge is 0.358 e. The first kappa shape index (κ1) is 10.6. The van der Waals surface area contributed by atoms with E-state index in [1.54, 1.807) is 0 Å². The number of carbonyl (C=O) groups excluding carboxylic acids is 1. The molecule has 1 aromatic heterocycles. The van der Waals surface area contributed by atoms with Crippen molar-refractivity contribution in [2.45, 2.75) is 6.54 Å². The average Bonchev–Trinajstić information content (AvgIpc) is 2.46. The van der Waals surface area contributed by atoms with Crippen LogP contribution in [-0.2, 0) is 11.3 Å². The molecule has 9 heteroatoms. The summed E-state index contributed by atoms with van der Waals surface area (Å²) in [6, 6.07) is 0. The van der Waals surface area contributed by atoms with E-state index in [0.717, 1.165) is 4.68 Å². The summed E-state index contributed by atoms with van der Waals surface area (Å²) in [5, 5.41) is 13.9. The summed E-state index contributed by atoms with van der Waals surface area (Å²) in [5.74, 6) is 4.01. The molecule has 14 heavy (non-hydrogen) atoms. The van der Waals surface area contributed by atoms with Crippen LogP contribution in [-0.4, -0.2) is 20.6 Å². The van der Waals surface area contributed by atoms with E-state index >= 15 is 0 Å². The normalized spacial score (nSPS) is 9.86. The molecule has 1 heterocycles. The van der Waals surface area contributed by atoms with Crippen LogP contribution >= 0.6 is 15.9 Å². The number of nitrogens with one attached hydrogen (secondary N) is 1. The number of amides is 1. The van der Waals surface area contributed by atoms with Gasteiger partial charge in [0.05, 0.1) is 11.3 Å². The molecule has 0 aliphatic rings. The van der Waals surface area contributed by atoms with Crippen LogP contribution < -0.4 is 11.3 Å². The Bertz CT molecular complexity index is 375. The Hall–Kier alpha value is -1.48. The first-order valence-corrected chi connectivity index (χ1v) is 4.20. The summed E-state index contributed by atoms with van der Waals surface area (Å²) in [4.78, 5) is 20.5. The second kappa shape index (κ2) is 4.15. The Kier molecular flexibility index (Phi) is 3.14. The van der Waals surface area contributed by atoms with Gasteiger partial charge in [-0.3, -0.25) is 10.2 Å². The molecule has 1 aromatic rings. The van der Waals surface area contributed by atoms with Crippen LogP contribution in [0.2, 0.25) is 0 Å². The molecule has 0 fully saturated rings. The summed E-state index contributed by atoms with van der Waals surface area (Å²) in [6.07, 6.45) is 1.33. The molecular weight excluding hydrogens is 258 g/mol. The predicted octanol–water partition coefficient (Wildman–Crippen LogP) is -0.456. The van der Waals surface area contributed by atoms with Gasteiger partial charge >= 0.3 is 5.82 Å². The number of nitro groups is 1. The Morgan fingerprint density at radius 3 is 2.93 bits per heavy atom. The van der Waals surface area contributed by atoms with E-state index in [2.05, 4.69) is 21.0 Å². The third-order valence-corrected chi connectivity index (χ3v) is 1.90. The molecule has 3 N–H and O–H groups in total. The van der Waals surface area contributed by atoms with E-state index in [4.69, 9.17) is 5.84 Å². The van der Waals surface area contributed by atoms with Crippen molar-refractivity contribution >= 4 is 27.7 Å². The lowest BCUT2D eigenvalue weighted by Crippen LogP contribution is -2.33. The van der Waals surface area contributed by atoms with Gasteiger partial charge in [-0.25, -0.2) is 5.84 Å². The molecule has 1 amide bonds. The van der Waals surface area contributed by atoms with Crippen LogP contribution in [0.5, 0.6) is 0 Å². The van der Waals surface area contributed by atoms with Gasteiger partial charge in [0.2, 0.25) is 0 Å². The maximum atomic E-state index is 10.8. The highest BCUT2D eigenvalue weighted by Crippen LogP contribution is 2.21. The third kappa shape index (κ3) is 2.26. The molecule has 0 aromatic carbocycles. The van der Waals surface area contributed by atoms with Gasteiger partial charge in [-0.15, -0.1) is 0 Å². The molecule has 1 rings (SSSR count). The lowest BCUT2D eigenvalue weighted by atomic mass is 10.6. The van der Waals surface area contributed by atoms with Gasteiger partial charge in [0.15, 0.2) is 0 Å². The van der Waals surface area contributed by atoms with Crippen LogP contribution in [0.25, 0.3) is 0 Å². The molecule has 8 nitrogen and oxygen atoms in total. The highest BCUT2D eigenvalue weighted by Gasteiger charge is 2.19. The summed E-state index contributed by atoms with van der Waals surface area (Å²) in [6.45, 7) is -0.164. The number of hydrazine groups is 1. The summed E-state index contributed by atoms with van der Waals surface area (Å²) in [5.41, 5.74) is 1.89. The average molecular weight is 264 g/mol. The highest BCUT2D eigenvalue weighted by molar-refractivity contribution is 9.10. The van der Waals surface area contributed by atoms with Crippen molar-refractivity contribution in [3.8, 4) is 0 Å². The van der Waals surface area contributed by atoms with Crippen molar-refractivity contribution < 1.29 is 9.72 Å². The summed E-state index contributed by atoms with van der Waals surface area (Å²) >= 11 is 2.94. The first-order valence-electron chi connectivity index (χ1n) is 3.41. The zero-order valence-corrected chi connectivity index (χ0v) is 8.39. The van der Waals surface area contributed by atoms with Crippen molar-refractivity contribution in [1.82, 2.24) is 15.2 Å². The van der Waals surface area contributed by atoms with Crippen LogP contribution in [0.4, 0.5) is 5.82 Å². The minimum atomic E-state index is -0.652. The van der Waals surface area contributed by atoms with E-state index in [1.165, 1.54) is 6.20 Å². The van der Waals surface area contributed by atoms with Crippen LogP contribution in [0.15, 0.2) is 10.7 Å². The number of nitrogens with zero attached hydrogens (tertiary/aromatic N) is 3. The second-order valence-electron chi connectivity index (χ2n) is 2.32. The van der Waals surface area contributed by atoms with Crippen LogP contribution in [0.3, 0.4) is 0 Å². The molecule has 0 aliphatic carbocycles. The predicted molar refractivity (Wildman–Crippen MR) is 48.9 cm³/mol. The van der Waals surface area contributed by atoms with Gasteiger partial charge in [-0.1, -0.05) is 0 Å². The zero-order valence-electron chi connectivity index (χ0n) is 6.81. The number of halogens is 1. The largest absolute Gasteiger partial charge is 0.404 e. The summed E-state index contributed by atoms with van der Waals surface area (Å²) < 4.78 is 1.33. The fraction of sp³-hybridized carbons (Fsp3) is 0.200. The van der Waals surface area contributed by atoms with Gasteiger partial charge in [0.1, 0.15) is 11.0 Å². The van der Waals surface area contributed by atoms with Gasteiger partial charge in [0.25, 0.3) is 5.91 Å². The fourth-order valence-corrected chi connectivity index (χ4v) is 1.24. The van der Waals surface area contributed by atoms with Gasteiger partial charge in [0, 0.05) is 0 Å². The lowest BCUT2D eigenvalue weighted by molar-refractivity contribution is -0.390. The molecule has 0 unspecified atom stereocenters. The Morgan fingerprint density at radius 2 is 2.50 bits per heavy atom. The number of carbonyl (C=O) groups is 1. The van der Waals surface area contributed by atoms with Gasteiger partial charge in [-0.05, 0) is 20.9 Å². The van der Waals surface area contributed by atoms with Crippen molar-refractivity contribution in [2.24, 2.45) is 5.84 Å². The maximum Gasteiger partial charge on any atom is 0.404 e. The van der Waals surface area contributed by atoms with E-state index in [1.807, 2.05) is 5.43 Å². The number of hydrogen-bond acceptors (Lipinski definition) is 5. The Labute approximate surface area is 86.3 Å². The fourth-order valence-electron chi connectivity index (χ4n) is 0.784. The highest BCUT2D eigenvalue weighted by atomic mass is 79.9.